The van der Waals surface area contributed by atoms with Gasteiger partial charge in [0.2, 0.25) is 5.95 Å². The van der Waals surface area contributed by atoms with Crippen LogP contribution in [0, 0.1) is 0 Å². The number of hydrogen-bond acceptors (Lipinski definition) is 7. The molecule has 24 heavy (non-hydrogen) atoms. The third-order valence-electron chi connectivity index (χ3n) is 3.29. The van der Waals surface area contributed by atoms with E-state index in [1.807, 2.05) is 44.4 Å². The van der Waals surface area contributed by atoms with Gasteiger partial charge in [-0.3, -0.25) is 4.79 Å². The quantitative estimate of drug-likeness (QED) is 0.764. The second kappa shape index (κ2) is 6.79. The van der Waals surface area contributed by atoms with Crippen LogP contribution in [0.3, 0.4) is 0 Å². The Bertz CT molecular complexity index is 845. The molecule has 8 heteroatoms. The Morgan fingerprint density at radius 1 is 1.25 bits per heavy atom. The van der Waals surface area contributed by atoms with Crippen LogP contribution in [-0.2, 0) is 6.54 Å². The summed E-state index contributed by atoms with van der Waals surface area (Å²) in [6.07, 6.45) is 0. The molecule has 2 aromatic heterocycles. The number of hydrogen-bond donors (Lipinski definition) is 1. The number of fused-ring (bicyclic) bond motifs is 1. The Kier molecular flexibility index (Phi) is 4.57. The zero-order chi connectivity index (χ0) is 17.1. The Labute approximate surface area is 143 Å². The monoisotopic (exact) mass is 343 g/mol. The third kappa shape index (κ3) is 3.43. The van der Waals surface area contributed by atoms with Gasteiger partial charge in [-0.05, 0) is 17.5 Å². The van der Waals surface area contributed by atoms with Crippen molar-refractivity contribution in [1.29, 1.82) is 0 Å². The van der Waals surface area contributed by atoms with E-state index < -0.39 is 0 Å². The molecule has 1 aromatic carbocycles. The van der Waals surface area contributed by atoms with E-state index >= 15 is 0 Å². The lowest BCUT2D eigenvalue weighted by molar-refractivity contribution is 0.0954. The molecule has 0 aliphatic carbocycles. The average molecular weight is 343 g/mol. The highest BCUT2D eigenvalue weighted by molar-refractivity contribution is 7.20. The average Bonchev–Trinajstić information content (AvgIpc) is 3.03. The predicted octanol–water partition coefficient (Wildman–Crippen LogP) is 2.09. The maximum absolute atomic E-state index is 12.3. The lowest BCUT2D eigenvalue weighted by Crippen LogP contribution is -2.24. The minimum Gasteiger partial charge on any atom is -0.467 e. The number of benzene rings is 1. The van der Waals surface area contributed by atoms with Gasteiger partial charge in [0.15, 0.2) is 5.82 Å². The van der Waals surface area contributed by atoms with E-state index in [0.717, 1.165) is 10.1 Å². The Morgan fingerprint density at radius 2 is 2.04 bits per heavy atom. The molecule has 0 fully saturated rings. The SMILES string of the molecule is COc1nc(CNC(=O)c2cc3ccccc3s2)nc(N(C)C)n1. The number of nitrogens with one attached hydrogen (secondary N) is 1. The van der Waals surface area contributed by atoms with Crippen molar-refractivity contribution < 1.29 is 9.53 Å². The van der Waals surface area contributed by atoms with Gasteiger partial charge in [-0.1, -0.05) is 18.2 Å². The van der Waals surface area contributed by atoms with Gasteiger partial charge in [-0.2, -0.15) is 15.0 Å². The molecule has 7 nitrogen and oxygen atoms in total. The van der Waals surface area contributed by atoms with Crippen LogP contribution in [0.15, 0.2) is 30.3 Å². The largest absolute Gasteiger partial charge is 0.467 e. The molecular weight excluding hydrogens is 326 g/mol. The first-order valence-corrected chi connectivity index (χ1v) is 8.11. The van der Waals surface area contributed by atoms with Crippen LogP contribution < -0.4 is 15.0 Å². The van der Waals surface area contributed by atoms with Crippen LogP contribution in [0.1, 0.15) is 15.5 Å². The molecule has 3 aromatic rings. The molecule has 0 aliphatic heterocycles. The molecule has 3 rings (SSSR count). The molecule has 2 heterocycles. The van der Waals surface area contributed by atoms with Crippen LogP contribution in [0.4, 0.5) is 5.95 Å². The zero-order valence-corrected chi connectivity index (χ0v) is 14.4. The summed E-state index contributed by atoms with van der Waals surface area (Å²) in [7, 11) is 5.15. The first-order valence-electron chi connectivity index (χ1n) is 7.30. The molecule has 124 valence electrons. The second-order valence-electron chi connectivity index (χ2n) is 5.26. The smallest absolute Gasteiger partial charge is 0.321 e. The minimum atomic E-state index is -0.151. The van der Waals surface area contributed by atoms with Crippen LogP contribution in [0.5, 0.6) is 6.01 Å². The van der Waals surface area contributed by atoms with E-state index in [1.54, 1.807) is 4.90 Å². The number of methoxy groups -OCH3 is 1. The number of ether oxygens (including phenoxy) is 1. The van der Waals surface area contributed by atoms with Gasteiger partial charge in [0.05, 0.1) is 18.5 Å². The van der Waals surface area contributed by atoms with Crippen molar-refractivity contribution >= 4 is 33.3 Å². The Balaban J connectivity index is 1.75. The van der Waals surface area contributed by atoms with Crippen molar-refractivity contribution in [3.05, 3.63) is 41.0 Å². The lowest BCUT2D eigenvalue weighted by Gasteiger charge is -2.12. The molecule has 0 saturated carbocycles. The number of anilines is 1. The fraction of sp³-hybridized carbons (Fsp3) is 0.250. The van der Waals surface area contributed by atoms with Gasteiger partial charge in [-0.25, -0.2) is 0 Å². The molecule has 0 radical (unpaired) electrons. The molecular formula is C16H17N5O2S. The van der Waals surface area contributed by atoms with Gasteiger partial charge in [-0.15, -0.1) is 11.3 Å². The van der Waals surface area contributed by atoms with Crippen molar-refractivity contribution in [2.24, 2.45) is 0 Å². The summed E-state index contributed by atoms with van der Waals surface area (Å²) in [5.74, 6) is 0.773. The topological polar surface area (TPSA) is 80.2 Å². The van der Waals surface area contributed by atoms with Gasteiger partial charge in [0.25, 0.3) is 5.91 Å². The molecule has 1 amide bonds. The zero-order valence-electron chi connectivity index (χ0n) is 13.6. The highest BCUT2D eigenvalue weighted by Gasteiger charge is 2.12. The van der Waals surface area contributed by atoms with Crippen LogP contribution in [0.2, 0.25) is 0 Å². The number of thiophene rings is 1. The summed E-state index contributed by atoms with van der Waals surface area (Å²) in [5.41, 5.74) is 0. The maximum Gasteiger partial charge on any atom is 0.321 e. The van der Waals surface area contributed by atoms with Crippen molar-refractivity contribution in [3.8, 4) is 6.01 Å². The van der Waals surface area contributed by atoms with Crippen LogP contribution >= 0.6 is 11.3 Å². The Morgan fingerprint density at radius 3 is 2.75 bits per heavy atom. The standard InChI is InChI=1S/C16H17N5O2S/c1-21(2)15-18-13(19-16(20-15)23-3)9-17-14(22)12-8-10-6-4-5-7-11(10)24-12/h4-8H,9H2,1-3H3,(H,17,22). The molecule has 0 atom stereocenters. The summed E-state index contributed by atoms with van der Waals surface area (Å²) in [5, 5.41) is 3.90. The number of amides is 1. The van der Waals surface area contributed by atoms with Crippen molar-refractivity contribution in [2.45, 2.75) is 6.54 Å². The van der Waals surface area contributed by atoms with E-state index in [9.17, 15) is 4.79 Å². The normalized spacial score (nSPS) is 10.6. The highest BCUT2D eigenvalue weighted by Crippen LogP contribution is 2.25. The van der Waals surface area contributed by atoms with E-state index in [-0.39, 0.29) is 18.5 Å². The number of nitrogens with zero attached hydrogens (tertiary/aromatic N) is 4. The molecule has 0 unspecified atom stereocenters. The van der Waals surface area contributed by atoms with Gasteiger partial charge >= 0.3 is 6.01 Å². The first-order chi connectivity index (χ1) is 11.6. The number of rotatable bonds is 5. The molecule has 1 N–H and O–H groups in total. The number of aromatic nitrogens is 3. The lowest BCUT2D eigenvalue weighted by atomic mass is 10.2. The fourth-order valence-electron chi connectivity index (χ4n) is 2.10. The molecule has 0 saturated heterocycles. The summed E-state index contributed by atoms with van der Waals surface area (Å²) in [4.78, 5) is 27.4. The number of carbonyl (C=O) groups excluding carboxylic acids is 1. The molecule has 0 bridgehead atoms. The second-order valence-corrected chi connectivity index (χ2v) is 6.35. The summed E-state index contributed by atoms with van der Waals surface area (Å²) >= 11 is 1.46. The van der Waals surface area contributed by atoms with Gasteiger partial charge in [0, 0.05) is 18.8 Å². The van der Waals surface area contributed by atoms with E-state index in [4.69, 9.17) is 4.74 Å². The maximum atomic E-state index is 12.3. The fourth-order valence-corrected chi connectivity index (χ4v) is 3.08. The highest BCUT2D eigenvalue weighted by atomic mass is 32.1. The summed E-state index contributed by atoms with van der Waals surface area (Å²) in [6, 6.07) is 10.0. The van der Waals surface area contributed by atoms with Gasteiger partial charge < -0.3 is 15.0 Å². The van der Waals surface area contributed by atoms with E-state index in [2.05, 4.69) is 20.3 Å². The number of carbonyl (C=O) groups is 1. The Hall–Kier alpha value is -2.74. The third-order valence-corrected chi connectivity index (χ3v) is 4.40. The van der Waals surface area contributed by atoms with Crippen molar-refractivity contribution in [2.75, 3.05) is 26.1 Å². The van der Waals surface area contributed by atoms with Crippen LogP contribution in [-0.4, -0.2) is 42.1 Å². The van der Waals surface area contributed by atoms with Crippen molar-refractivity contribution in [3.63, 3.8) is 0 Å². The summed E-state index contributed by atoms with van der Waals surface area (Å²) < 4.78 is 6.16. The molecule has 0 aliphatic rings. The molecule has 0 spiro atoms. The van der Waals surface area contributed by atoms with Gasteiger partial charge in [0.1, 0.15) is 0 Å². The predicted molar refractivity (Wildman–Crippen MR) is 93.7 cm³/mol. The summed E-state index contributed by atoms with van der Waals surface area (Å²) in [6.45, 7) is 0.201. The van der Waals surface area contributed by atoms with E-state index in [1.165, 1.54) is 18.4 Å². The minimum absolute atomic E-state index is 0.151. The first kappa shape index (κ1) is 16.1. The van der Waals surface area contributed by atoms with Crippen molar-refractivity contribution in [1.82, 2.24) is 20.3 Å². The van der Waals surface area contributed by atoms with E-state index in [0.29, 0.717) is 16.6 Å². The van der Waals surface area contributed by atoms with Crippen LogP contribution in [0.25, 0.3) is 10.1 Å².